The van der Waals surface area contributed by atoms with Crippen LogP contribution < -0.4 is 10.6 Å². The second-order valence-electron chi connectivity index (χ2n) is 3.46. The van der Waals surface area contributed by atoms with Crippen molar-refractivity contribution >= 4 is 5.91 Å². The molecule has 0 aromatic carbocycles. The number of ether oxygens (including phenoxy) is 1. The lowest BCUT2D eigenvalue weighted by Gasteiger charge is -2.10. The lowest BCUT2D eigenvalue weighted by molar-refractivity contribution is -0.120. The number of hydrogen-bond acceptors (Lipinski definition) is 3. The molecule has 88 valence electrons. The average molecular weight is 222 g/mol. The molecule has 0 aliphatic carbocycles. The molecular formula is C9H16F2N2O2. The minimum Gasteiger partial charge on any atom is -0.377 e. The molecule has 4 nitrogen and oxygen atoms in total. The van der Waals surface area contributed by atoms with Crippen LogP contribution in [-0.4, -0.2) is 44.7 Å². The van der Waals surface area contributed by atoms with Crippen molar-refractivity contribution in [3.8, 4) is 0 Å². The van der Waals surface area contributed by atoms with Crippen molar-refractivity contribution in [2.24, 2.45) is 0 Å². The first kappa shape index (κ1) is 12.3. The summed E-state index contributed by atoms with van der Waals surface area (Å²) >= 11 is 0. The molecule has 0 aromatic heterocycles. The van der Waals surface area contributed by atoms with Crippen molar-refractivity contribution in [2.45, 2.75) is 25.4 Å². The normalized spacial score (nSPS) is 20.9. The first-order chi connectivity index (χ1) is 7.18. The van der Waals surface area contributed by atoms with Crippen LogP contribution in [0.1, 0.15) is 12.8 Å². The summed E-state index contributed by atoms with van der Waals surface area (Å²) in [6.45, 7) is 0.846. The summed E-state index contributed by atoms with van der Waals surface area (Å²) in [4.78, 5) is 11.0. The number of halogens is 2. The molecule has 0 saturated carbocycles. The van der Waals surface area contributed by atoms with Gasteiger partial charge in [-0.1, -0.05) is 0 Å². The van der Waals surface area contributed by atoms with E-state index < -0.39 is 18.9 Å². The Morgan fingerprint density at radius 3 is 2.93 bits per heavy atom. The molecule has 1 atom stereocenters. The zero-order chi connectivity index (χ0) is 11.1. The van der Waals surface area contributed by atoms with Gasteiger partial charge in [0.25, 0.3) is 6.43 Å². The van der Waals surface area contributed by atoms with Crippen LogP contribution in [0.25, 0.3) is 0 Å². The Kier molecular flexibility index (Phi) is 5.49. The van der Waals surface area contributed by atoms with E-state index in [0.717, 1.165) is 19.4 Å². The highest BCUT2D eigenvalue weighted by molar-refractivity contribution is 5.77. The summed E-state index contributed by atoms with van der Waals surface area (Å²) in [6, 6.07) is 0. The molecule has 1 heterocycles. The molecule has 0 bridgehead atoms. The topological polar surface area (TPSA) is 50.4 Å². The van der Waals surface area contributed by atoms with Gasteiger partial charge in [-0.2, -0.15) is 0 Å². The Balaban J connectivity index is 1.96. The number of rotatable bonds is 6. The molecule has 1 aliphatic rings. The largest absolute Gasteiger partial charge is 0.377 e. The minimum absolute atomic E-state index is 0.0621. The molecule has 1 saturated heterocycles. The van der Waals surface area contributed by atoms with E-state index in [2.05, 4.69) is 10.6 Å². The van der Waals surface area contributed by atoms with Gasteiger partial charge >= 0.3 is 0 Å². The Bertz CT molecular complexity index is 197. The molecule has 1 unspecified atom stereocenters. The monoisotopic (exact) mass is 222 g/mol. The second-order valence-corrected chi connectivity index (χ2v) is 3.46. The Morgan fingerprint density at radius 2 is 2.33 bits per heavy atom. The number of hydrogen-bond donors (Lipinski definition) is 2. The second kappa shape index (κ2) is 6.68. The number of alkyl halides is 2. The number of carbonyl (C=O) groups excluding carboxylic acids is 1. The van der Waals surface area contributed by atoms with E-state index in [0.29, 0.717) is 6.54 Å². The highest BCUT2D eigenvalue weighted by Gasteiger charge is 2.15. The van der Waals surface area contributed by atoms with Gasteiger partial charge in [-0.05, 0) is 12.8 Å². The van der Waals surface area contributed by atoms with E-state index >= 15 is 0 Å². The van der Waals surface area contributed by atoms with Crippen LogP contribution in [0.4, 0.5) is 8.78 Å². The van der Waals surface area contributed by atoms with Gasteiger partial charge in [-0.3, -0.25) is 4.79 Å². The van der Waals surface area contributed by atoms with E-state index in [9.17, 15) is 13.6 Å². The van der Waals surface area contributed by atoms with Crippen molar-refractivity contribution in [2.75, 3.05) is 26.2 Å². The van der Waals surface area contributed by atoms with E-state index in [1.165, 1.54) is 0 Å². The van der Waals surface area contributed by atoms with E-state index in [-0.39, 0.29) is 12.6 Å². The number of amides is 1. The molecule has 1 aliphatic heterocycles. The van der Waals surface area contributed by atoms with Crippen LogP contribution in [-0.2, 0) is 9.53 Å². The highest BCUT2D eigenvalue weighted by atomic mass is 19.3. The molecule has 1 amide bonds. The van der Waals surface area contributed by atoms with Crippen LogP contribution in [0, 0.1) is 0 Å². The van der Waals surface area contributed by atoms with Gasteiger partial charge in [0.2, 0.25) is 5.91 Å². The van der Waals surface area contributed by atoms with Gasteiger partial charge in [0.15, 0.2) is 0 Å². The molecule has 0 aromatic rings. The first-order valence-electron chi connectivity index (χ1n) is 5.05. The van der Waals surface area contributed by atoms with Crippen LogP contribution in [0.5, 0.6) is 0 Å². The predicted molar refractivity (Wildman–Crippen MR) is 50.9 cm³/mol. The van der Waals surface area contributed by atoms with Crippen molar-refractivity contribution in [3.63, 3.8) is 0 Å². The van der Waals surface area contributed by atoms with E-state index in [1.54, 1.807) is 0 Å². The third-order valence-electron chi connectivity index (χ3n) is 2.14. The number of carbonyl (C=O) groups is 1. The van der Waals surface area contributed by atoms with Gasteiger partial charge in [0.1, 0.15) is 0 Å². The van der Waals surface area contributed by atoms with Crippen molar-refractivity contribution < 1.29 is 18.3 Å². The smallest absolute Gasteiger partial charge is 0.255 e. The van der Waals surface area contributed by atoms with Crippen LogP contribution in [0.2, 0.25) is 0 Å². The van der Waals surface area contributed by atoms with Gasteiger partial charge in [0.05, 0.1) is 19.2 Å². The molecule has 0 spiro atoms. The van der Waals surface area contributed by atoms with Crippen LogP contribution >= 0.6 is 0 Å². The molecule has 2 N–H and O–H groups in total. The number of nitrogens with one attached hydrogen (secondary N) is 2. The zero-order valence-electron chi connectivity index (χ0n) is 8.47. The first-order valence-corrected chi connectivity index (χ1v) is 5.05. The maximum Gasteiger partial charge on any atom is 0.255 e. The molecule has 1 fully saturated rings. The Hall–Kier alpha value is -0.750. The minimum atomic E-state index is -2.49. The predicted octanol–water partition coefficient (Wildman–Crippen LogP) is 0.136. The summed E-state index contributed by atoms with van der Waals surface area (Å²) in [5.74, 6) is -0.409. The summed E-state index contributed by atoms with van der Waals surface area (Å²) in [6.07, 6.45) is -0.296. The lowest BCUT2D eigenvalue weighted by atomic mass is 10.2. The average Bonchev–Trinajstić information content (AvgIpc) is 2.67. The van der Waals surface area contributed by atoms with E-state index in [4.69, 9.17) is 4.74 Å². The third-order valence-corrected chi connectivity index (χ3v) is 2.14. The molecule has 0 radical (unpaired) electrons. The summed E-state index contributed by atoms with van der Waals surface area (Å²) in [5, 5.41) is 4.98. The lowest BCUT2D eigenvalue weighted by Crippen LogP contribution is -2.38. The van der Waals surface area contributed by atoms with Crippen molar-refractivity contribution in [3.05, 3.63) is 0 Å². The highest BCUT2D eigenvalue weighted by Crippen LogP contribution is 2.10. The molecular weight excluding hydrogens is 206 g/mol. The summed E-state index contributed by atoms with van der Waals surface area (Å²) in [7, 11) is 0. The SMILES string of the molecule is O=C(CNCC1CCCO1)NCC(F)F. The fourth-order valence-electron chi connectivity index (χ4n) is 1.41. The zero-order valence-corrected chi connectivity index (χ0v) is 8.47. The molecule has 6 heteroatoms. The van der Waals surface area contributed by atoms with Crippen molar-refractivity contribution in [1.29, 1.82) is 0 Å². The van der Waals surface area contributed by atoms with Gasteiger partial charge in [-0.25, -0.2) is 8.78 Å². The van der Waals surface area contributed by atoms with Gasteiger partial charge < -0.3 is 15.4 Å². The molecule has 15 heavy (non-hydrogen) atoms. The summed E-state index contributed by atoms with van der Waals surface area (Å²) < 4.78 is 28.7. The van der Waals surface area contributed by atoms with Gasteiger partial charge in [0, 0.05) is 13.2 Å². The maximum atomic E-state index is 11.7. The molecule has 1 rings (SSSR count). The Morgan fingerprint density at radius 1 is 1.53 bits per heavy atom. The quantitative estimate of drug-likeness (QED) is 0.672. The fourth-order valence-corrected chi connectivity index (χ4v) is 1.41. The maximum absolute atomic E-state index is 11.7. The van der Waals surface area contributed by atoms with Crippen LogP contribution in [0.15, 0.2) is 0 Å². The van der Waals surface area contributed by atoms with Crippen LogP contribution in [0.3, 0.4) is 0 Å². The summed E-state index contributed by atoms with van der Waals surface area (Å²) in [5.41, 5.74) is 0. The standard InChI is InChI=1S/C9H16F2N2O2/c10-8(11)5-13-9(14)6-12-4-7-2-1-3-15-7/h7-8,12H,1-6H2,(H,13,14). The van der Waals surface area contributed by atoms with Crippen molar-refractivity contribution in [1.82, 2.24) is 10.6 Å². The Labute approximate surface area is 87.4 Å². The van der Waals surface area contributed by atoms with E-state index in [1.807, 2.05) is 0 Å². The fraction of sp³-hybridized carbons (Fsp3) is 0.889. The van der Waals surface area contributed by atoms with Gasteiger partial charge in [-0.15, -0.1) is 0 Å². The third kappa shape index (κ3) is 5.64.